The monoisotopic (exact) mass is 441 g/mol. The molecule has 1 saturated carbocycles. The molecule has 1 aromatic heterocycles. The van der Waals surface area contributed by atoms with E-state index in [-0.39, 0.29) is 31.0 Å². The molecule has 2 aromatic rings. The molecule has 2 atom stereocenters. The van der Waals surface area contributed by atoms with E-state index in [2.05, 4.69) is 12.0 Å². The summed E-state index contributed by atoms with van der Waals surface area (Å²) in [6, 6.07) is 7.36. The first-order valence-electron chi connectivity index (χ1n) is 9.67. The van der Waals surface area contributed by atoms with E-state index in [1.54, 1.807) is 34.0 Å². The number of aromatic nitrogens is 3. The average Bonchev–Trinajstić information content (AvgIpc) is 3.39. The molecule has 0 spiro atoms. The van der Waals surface area contributed by atoms with E-state index in [1.165, 1.54) is 0 Å². The Bertz CT molecular complexity index is 828. The maximum Gasteiger partial charge on any atom is 0.313 e. The molecule has 0 bridgehead atoms. The Morgan fingerprint density at radius 3 is 2.52 bits per heavy atom. The van der Waals surface area contributed by atoms with Crippen LogP contribution >= 0.6 is 11.6 Å². The van der Waals surface area contributed by atoms with Crippen LogP contribution in [0.5, 0.6) is 0 Å². The molecule has 1 aliphatic rings. The topological polar surface area (TPSA) is 68.2 Å². The Morgan fingerprint density at radius 1 is 1.34 bits per heavy atom. The van der Waals surface area contributed by atoms with Crippen molar-refractivity contribution in [1.29, 1.82) is 0 Å². The third kappa shape index (κ3) is 5.71. The summed E-state index contributed by atoms with van der Waals surface area (Å²) in [5.41, 5.74) is -0.777. The van der Waals surface area contributed by atoms with E-state index in [4.69, 9.17) is 16.3 Å². The van der Waals surface area contributed by atoms with Gasteiger partial charge in [-0.15, -0.1) is 4.68 Å². The summed E-state index contributed by atoms with van der Waals surface area (Å²) in [7, 11) is 0. The van der Waals surface area contributed by atoms with Gasteiger partial charge in [-0.2, -0.15) is 0 Å². The van der Waals surface area contributed by atoms with Crippen LogP contribution in [0, 0.1) is 17.3 Å². The molecule has 0 saturated heterocycles. The largest absolute Gasteiger partial charge is 1.00 e. The fourth-order valence-electron chi connectivity index (χ4n) is 3.33. The highest BCUT2D eigenvalue weighted by Gasteiger charge is 2.46. The number of ether oxygens (including phenoxy) is 1. The van der Waals surface area contributed by atoms with Crippen LogP contribution in [0.4, 0.5) is 0 Å². The second kappa shape index (κ2) is 9.02. The predicted molar refractivity (Wildman–Crippen MR) is 105 cm³/mol. The number of benzene rings is 1. The van der Waals surface area contributed by atoms with E-state index < -0.39 is 11.0 Å². The molecular formula is C21H29Cl2N3O3. The highest BCUT2D eigenvalue weighted by Crippen LogP contribution is 2.46. The van der Waals surface area contributed by atoms with E-state index >= 15 is 0 Å². The molecule has 0 radical (unpaired) electrons. The van der Waals surface area contributed by atoms with Crippen LogP contribution in [0.15, 0.2) is 36.9 Å². The van der Waals surface area contributed by atoms with Crippen molar-refractivity contribution in [2.75, 3.05) is 0 Å². The zero-order valence-corrected chi connectivity index (χ0v) is 18.8. The van der Waals surface area contributed by atoms with Gasteiger partial charge in [-0.05, 0) is 63.1 Å². The van der Waals surface area contributed by atoms with Crippen molar-refractivity contribution in [3.05, 3.63) is 47.5 Å². The predicted octanol–water partition coefficient (Wildman–Crippen LogP) is 0.309. The van der Waals surface area contributed by atoms with Gasteiger partial charge in [0.05, 0.1) is 5.41 Å². The standard InChI is InChI=1S/C21H29ClN3O3.ClH/c1-15(16-5-6-16)21(27,17-7-9-18(22)10-8-17)11-25-13-24(12-23-25)14-28-19(26)20(2,3)4;/h7-10,12-13,15-16,27H,5-6,11,14H2,1-4H3;1H/q+1;/p-1. The van der Waals surface area contributed by atoms with Crippen molar-refractivity contribution >= 4 is 17.6 Å². The Balaban J connectivity index is 0.00000300. The Kier molecular flexibility index (Phi) is 7.36. The summed E-state index contributed by atoms with van der Waals surface area (Å²) in [5.74, 6) is 0.328. The second-order valence-corrected chi connectivity index (χ2v) is 9.26. The highest BCUT2D eigenvalue weighted by molar-refractivity contribution is 6.30. The van der Waals surface area contributed by atoms with Gasteiger partial charge in [0, 0.05) is 10.1 Å². The molecule has 1 fully saturated rings. The summed E-state index contributed by atoms with van der Waals surface area (Å²) in [6.45, 7) is 7.94. The fourth-order valence-corrected chi connectivity index (χ4v) is 3.46. The van der Waals surface area contributed by atoms with Crippen LogP contribution in [0.3, 0.4) is 0 Å². The van der Waals surface area contributed by atoms with Crippen LogP contribution in [-0.4, -0.2) is 20.9 Å². The van der Waals surface area contributed by atoms with Crippen molar-refractivity contribution in [3.8, 4) is 0 Å². The first-order chi connectivity index (χ1) is 13.1. The first kappa shape index (κ1) is 23.6. The lowest BCUT2D eigenvalue weighted by atomic mass is 9.79. The number of rotatable bonds is 7. The van der Waals surface area contributed by atoms with Gasteiger partial charge in [-0.1, -0.05) is 30.7 Å². The molecule has 1 aliphatic carbocycles. The molecule has 0 aliphatic heterocycles. The minimum Gasteiger partial charge on any atom is -1.00 e. The molecular weight excluding hydrogens is 413 g/mol. The number of hydrogen-bond acceptors (Lipinski definition) is 4. The van der Waals surface area contributed by atoms with Gasteiger partial charge in [-0.25, -0.2) is 4.57 Å². The third-order valence-corrected chi connectivity index (χ3v) is 5.67. The number of esters is 1. The number of carbonyl (C=O) groups excluding carboxylic acids is 1. The zero-order valence-electron chi connectivity index (χ0n) is 17.3. The molecule has 1 N–H and O–H groups in total. The average molecular weight is 442 g/mol. The van der Waals surface area contributed by atoms with Crippen LogP contribution in [0.1, 0.15) is 46.1 Å². The van der Waals surface area contributed by atoms with Crippen molar-refractivity contribution in [1.82, 2.24) is 9.78 Å². The fraction of sp³-hybridized carbons (Fsp3) is 0.571. The molecule has 1 aromatic carbocycles. The normalized spacial score (nSPS) is 17.2. The van der Waals surface area contributed by atoms with E-state index in [9.17, 15) is 9.90 Å². The molecule has 6 nitrogen and oxygen atoms in total. The van der Waals surface area contributed by atoms with Crippen molar-refractivity contribution in [2.24, 2.45) is 17.3 Å². The lowest BCUT2D eigenvalue weighted by Crippen LogP contribution is -3.00. The number of hydrogen-bond donors (Lipinski definition) is 1. The maximum absolute atomic E-state index is 11.9. The first-order valence-corrected chi connectivity index (χ1v) is 10.0. The number of aliphatic hydroxyl groups is 1. The Morgan fingerprint density at radius 2 is 1.97 bits per heavy atom. The van der Waals surface area contributed by atoms with Crippen LogP contribution < -0.4 is 17.0 Å². The van der Waals surface area contributed by atoms with Crippen molar-refractivity contribution < 1.29 is 31.6 Å². The van der Waals surface area contributed by atoms with Crippen molar-refractivity contribution in [3.63, 3.8) is 0 Å². The Hall–Kier alpha value is -1.63. The van der Waals surface area contributed by atoms with Crippen LogP contribution in [-0.2, 0) is 28.4 Å². The minimum atomic E-state index is -1.06. The molecule has 1 heterocycles. The summed E-state index contributed by atoms with van der Waals surface area (Å²) < 4.78 is 8.70. The van der Waals surface area contributed by atoms with Gasteiger partial charge >= 0.3 is 5.97 Å². The third-order valence-electron chi connectivity index (χ3n) is 5.42. The number of nitrogens with zero attached hydrogens (tertiary/aromatic N) is 3. The van der Waals surface area contributed by atoms with Gasteiger partial charge < -0.3 is 22.3 Å². The second-order valence-electron chi connectivity index (χ2n) is 8.83. The smallest absolute Gasteiger partial charge is 0.313 e. The lowest BCUT2D eigenvalue weighted by molar-refractivity contribution is -0.728. The Labute approximate surface area is 183 Å². The molecule has 3 rings (SSSR count). The quantitative estimate of drug-likeness (QED) is 0.495. The van der Waals surface area contributed by atoms with E-state index in [1.807, 2.05) is 32.9 Å². The van der Waals surface area contributed by atoms with Crippen molar-refractivity contribution in [2.45, 2.75) is 59.4 Å². The minimum absolute atomic E-state index is 0. The highest BCUT2D eigenvalue weighted by atomic mass is 35.5. The molecule has 0 amide bonds. The SMILES string of the molecule is CC(C1CC1)C(O)(Cn1c[n+](COC(=O)C(C)(C)C)cn1)c1ccc(Cl)cc1.[Cl-]. The van der Waals surface area contributed by atoms with Crippen LogP contribution in [0.25, 0.3) is 0 Å². The molecule has 2 unspecified atom stereocenters. The van der Waals surface area contributed by atoms with Gasteiger partial charge in [-0.3, -0.25) is 4.79 Å². The molecule has 160 valence electrons. The summed E-state index contributed by atoms with van der Waals surface area (Å²) in [4.78, 5) is 11.9. The summed E-state index contributed by atoms with van der Waals surface area (Å²) >= 11 is 6.03. The molecule has 8 heteroatoms. The maximum atomic E-state index is 11.9. The van der Waals surface area contributed by atoms with E-state index in [0.717, 1.165) is 18.4 Å². The van der Waals surface area contributed by atoms with Gasteiger partial charge in [0.25, 0.3) is 6.33 Å². The lowest BCUT2D eigenvalue weighted by Gasteiger charge is -2.33. The summed E-state index contributed by atoms with van der Waals surface area (Å²) in [5, 5.41) is 16.6. The number of carbonyl (C=O) groups is 1. The summed E-state index contributed by atoms with van der Waals surface area (Å²) in [6.07, 6.45) is 5.62. The number of halogens is 2. The molecule has 29 heavy (non-hydrogen) atoms. The van der Waals surface area contributed by atoms with E-state index in [0.29, 0.717) is 17.5 Å². The van der Waals surface area contributed by atoms with Gasteiger partial charge in [0.15, 0.2) is 0 Å². The zero-order chi connectivity index (χ0) is 20.5. The van der Waals surface area contributed by atoms with Gasteiger partial charge in [0.2, 0.25) is 13.1 Å². The van der Waals surface area contributed by atoms with Gasteiger partial charge in [0.1, 0.15) is 12.1 Å². The van der Waals surface area contributed by atoms with Crippen LogP contribution in [0.2, 0.25) is 5.02 Å².